The molecule has 1 heteroatoms. The van der Waals surface area contributed by atoms with Crippen LogP contribution in [0.15, 0.2) is 0 Å². The van der Waals surface area contributed by atoms with E-state index in [0.717, 1.165) is 18.8 Å². The van der Waals surface area contributed by atoms with Crippen LogP contribution in [0.4, 0.5) is 0 Å². The van der Waals surface area contributed by atoms with Crippen LogP contribution in [0.1, 0.15) is 59.3 Å². The summed E-state index contributed by atoms with van der Waals surface area (Å²) in [4.78, 5) is 0. The zero-order chi connectivity index (χ0) is 9.90. The topological polar surface area (TPSA) is 20.2 Å². The van der Waals surface area contributed by atoms with Crippen molar-refractivity contribution in [2.24, 2.45) is 11.8 Å². The van der Waals surface area contributed by atoms with Gasteiger partial charge < -0.3 is 5.11 Å². The average molecular weight is 184 g/mol. The molecule has 0 aromatic rings. The second kappa shape index (κ2) is 4.45. The van der Waals surface area contributed by atoms with Crippen LogP contribution < -0.4 is 0 Å². The SMILES string of the molecule is CC.CC1CCC(C2(O)CC2)CC1. The summed E-state index contributed by atoms with van der Waals surface area (Å²) >= 11 is 0. The fourth-order valence-electron chi connectivity index (χ4n) is 2.33. The zero-order valence-electron chi connectivity index (χ0n) is 9.34. The van der Waals surface area contributed by atoms with Crippen LogP contribution in [0.2, 0.25) is 0 Å². The quantitative estimate of drug-likeness (QED) is 0.662. The molecule has 0 atom stereocenters. The van der Waals surface area contributed by atoms with Gasteiger partial charge in [-0.1, -0.05) is 33.6 Å². The second-order valence-electron chi connectivity index (χ2n) is 4.56. The average Bonchev–Trinajstić information content (AvgIpc) is 2.89. The lowest BCUT2D eigenvalue weighted by Gasteiger charge is -2.29. The van der Waals surface area contributed by atoms with E-state index in [9.17, 15) is 5.11 Å². The minimum atomic E-state index is -0.194. The minimum absolute atomic E-state index is 0.194. The predicted molar refractivity (Wildman–Crippen MR) is 56.7 cm³/mol. The first-order valence-corrected chi connectivity index (χ1v) is 5.93. The number of aliphatic hydroxyl groups is 1. The molecule has 78 valence electrons. The van der Waals surface area contributed by atoms with Crippen LogP contribution in [0.5, 0.6) is 0 Å². The van der Waals surface area contributed by atoms with Crippen LogP contribution in [-0.4, -0.2) is 10.7 Å². The molecule has 0 unspecified atom stereocenters. The van der Waals surface area contributed by atoms with E-state index in [4.69, 9.17) is 0 Å². The van der Waals surface area contributed by atoms with Crippen molar-refractivity contribution in [3.05, 3.63) is 0 Å². The Kier molecular flexibility index (Phi) is 3.78. The molecule has 0 aliphatic heterocycles. The van der Waals surface area contributed by atoms with Gasteiger partial charge >= 0.3 is 0 Å². The van der Waals surface area contributed by atoms with Crippen molar-refractivity contribution < 1.29 is 5.11 Å². The summed E-state index contributed by atoms with van der Waals surface area (Å²) in [6, 6.07) is 0. The van der Waals surface area contributed by atoms with Crippen LogP contribution in [0, 0.1) is 11.8 Å². The minimum Gasteiger partial charge on any atom is -0.390 e. The zero-order valence-corrected chi connectivity index (χ0v) is 9.34. The second-order valence-corrected chi connectivity index (χ2v) is 4.56. The Labute approximate surface area is 82.5 Å². The number of hydrogen-bond acceptors (Lipinski definition) is 1. The van der Waals surface area contributed by atoms with E-state index in [2.05, 4.69) is 6.92 Å². The Bertz CT molecular complexity index is 141. The standard InChI is InChI=1S/C10H18O.C2H6/c1-8-2-4-9(5-3-8)10(11)6-7-10;1-2/h8-9,11H,2-7H2,1H3;1-2H3. The van der Waals surface area contributed by atoms with E-state index >= 15 is 0 Å². The Morgan fingerprint density at radius 1 is 1.00 bits per heavy atom. The summed E-state index contributed by atoms with van der Waals surface area (Å²) in [6.07, 6.45) is 7.38. The predicted octanol–water partition coefficient (Wildman–Crippen LogP) is 3.36. The van der Waals surface area contributed by atoms with Crippen LogP contribution in [0.3, 0.4) is 0 Å². The maximum atomic E-state index is 9.84. The molecule has 2 saturated carbocycles. The fraction of sp³-hybridized carbons (Fsp3) is 1.00. The maximum Gasteiger partial charge on any atom is 0.0678 e. The van der Waals surface area contributed by atoms with Crippen LogP contribution in [0.25, 0.3) is 0 Å². The summed E-state index contributed by atoms with van der Waals surface area (Å²) < 4.78 is 0. The van der Waals surface area contributed by atoms with Gasteiger partial charge in [0.1, 0.15) is 0 Å². The van der Waals surface area contributed by atoms with Crippen molar-refractivity contribution in [3.8, 4) is 0 Å². The van der Waals surface area contributed by atoms with E-state index in [0.29, 0.717) is 5.92 Å². The third-order valence-corrected chi connectivity index (χ3v) is 3.54. The highest BCUT2D eigenvalue weighted by atomic mass is 16.3. The van der Waals surface area contributed by atoms with Gasteiger partial charge in [0.05, 0.1) is 5.60 Å². The van der Waals surface area contributed by atoms with Crippen molar-refractivity contribution in [1.82, 2.24) is 0 Å². The largest absolute Gasteiger partial charge is 0.390 e. The molecule has 2 rings (SSSR count). The van der Waals surface area contributed by atoms with Gasteiger partial charge in [0, 0.05) is 0 Å². The first-order valence-electron chi connectivity index (χ1n) is 5.93. The lowest BCUT2D eigenvalue weighted by molar-refractivity contribution is 0.0528. The lowest BCUT2D eigenvalue weighted by Crippen LogP contribution is -2.26. The molecule has 0 aromatic heterocycles. The summed E-state index contributed by atoms with van der Waals surface area (Å²) in [7, 11) is 0. The molecule has 0 spiro atoms. The molecule has 1 N–H and O–H groups in total. The molecule has 0 heterocycles. The van der Waals surface area contributed by atoms with Crippen molar-refractivity contribution in [2.45, 2.75) is 64.9 Å². The third-order valence-electron chi connectivity index (χ3n) is 3.54. The lowest BCUT2D eigenvalue weighted by atomic mass is 9.79. The van der Waals surface area contributed by atoms with E-state index in [-0.39, 0.29) is 5.60 Å². The first kappa shape index (κ1) is 11.0. The fourth-order valence-corrected chi connectivity index (χ4v) is 2.33. The Morgan fingerprint density at radius 2 is 1.46 bits per heavy atom. The molecule has 2 fully saturated rings. The Hall–Kier alpha value is -0.0400. The highest BCUT2D eigenvalue weighted by Crippen LogP contribution is 2.48. The molecule has 13 heavy (non-hydrogen) atoms. The van der Waals surface area contributed by atoms with Gasteiger partial charge in [-0.3, -0.25) is 0 Å². The molecule has 0 bridgehead atoms. The van der Waals surface area contributed by atoms with Gasteiger partial charge in [-0.05, 0) is 37.5 Å². The smallest absolute Gasteiger partial charge is 0.0678 e. The summed E-state index contributed by atoms with van der Waals surface area (Å²) in [5, 5.41) is 9.84. The molecule has 0 saturated heterocycles. The molecule has 2 aliphatic carbocycles. The van der Waals surface area contributed by atoms with Gasteiger partial charge in [-0.2, -0.15) is 0 Å². The van der Waals surface area contributed by atoms with Crippen LogP contribution in [-0.2, 0) is 0 Å². The summed E-state index contributed by atoms with van der Waals surface area (Å²) in [6.45, 7) is 6.33. The Morgan fingerprint density at radius 3 is 1.85 bits per heavy atom. The highest BCUT2D eigenvalue weighted by Gasteiger charge is 2.47. The van der Waals surface area contributed by atoms with E-state index in [1.54, 1.807) is 0 Å². The van der Waals surface area contributed by atoms with Gasteiger partial charge in [0.2, 0.25) is 0 Å². The van der Waals surface area contributed by atoms with Gasteiger partial charge in [-0.25, -0.2) is 0 Å². The highest BCUT2D eigenvalue weighted by molar-refractivity contribution is 5.00. The summed E-state index contributed by atoms with van der Waals surface area (Å²) in [5.74, 6) is 1.56. The molecule has 0 radical (unpaired) electrons. The van der Waals surface area contributed by atoms with Gasteiger partial charge in [0.25, 0.3) is 0 Å². The Balaban J connectivity index is 0.000000396. The molecular weight excluding hydrogens is 160 g/mol. The van der Waals surface area contributed by atoms with Crippen LogP contribution >= 0.6 is 0 Å². The van der Waals surface area contributed by atoms with E-state index < -0.39 is 0 Å². The number of hydrogen-bond donors (Lipinski definition) is 1. The molecular formula is C12H24O. The van der Waals surface area contributed by atoms with Gasteiger partial charge in [-0.15, -0.1) is 0 Å². The van der Waals surface area contributed by atoms with E-state index in [1.807, 2.05) is 13.8 Å². The molecule has 0 amide bonds. The van der Waals surface area contributed by atoms with Crippen molar-refractivity contribution in [1.29, 1.82) is 0 Å². The first-order chi connectivity index (χ1) is 6.21. The van der Waals surface area contributed by atoms with Gasteiger partial charge in [0.15, 0.2) is 0 Å². The van der Waals surface area contributed by atoms with Crippen molar-refractivity contribution in [3.63, 3.8) is 0 Å². The normalized spacial score (nSPS) is 36.0. The molecule has 0 aromatic carbocycles. The van der Waals surface area contributed by atoms with Crippen molar-refractivity contribution >= 4 is 0 Å². The maximum absolute atomic E-state index is 9.84. The summed E-state index contributed by atoms with van der Waals surface area (Å²) in [5.41, 5.74) is -0.194. The molecule has 1 nitrogen and oxygen atoms in total. The monoisotopic (exact) mass is 184 g/mol. The van der Waals surface area contributed by atoms with E-state index in [1.165, 1.54) is 25.7 Å². The number of rotatable bonds is 1. The third kappa shape index (κ3) is 2.70. The molecule has 2 aliphatic rings. The van der Waals surface area contributed by atoms with Crippen molar-refractivity contribution in [2.75, 3.05) is 0 Å².